The molecule has 2 heterocycles. The number of aromatic hydroxyl groups is 4. The fourth-order valence-corrected chi connectivity index (χ4v) is 3.36. The Morgan fingerprint density at radius 2 is 1.66 bits per heavy atom. The van der Waals surface area contributed by atoms with Gasteiger partial charge in [0.15, 0.2) is 11.5 Å². The molecule has 0 saturated carbocycles. The van der Waals surface area contributed by atoms with E-state index in [0.29, 0.717) is 0 Å². The highest BCUT2D eigenvalue weighted by atomic mass is 16.7. The third-order valence-electron chi connectivity index (χ3n) is 5.05. The lowest BCUT2D eigenvalue weighted by molar-refractivity contribution is -0.242. The predicted octanol–water partition coefficient (Wildman–Crippen LogP) is 1.03. The molecule has 0 bridgehead atoms. The number of ether oxygens (including phenoxy) is 3. The molecule has 11 heteroatoms. The van der Waals surface area contributed by atoms with Gasteiger partial charge in [-0.1, -0.05) is 0 Å². The first-order valence-corrected chi connectivity index (χ1v) is 9.45. The van der Waals surface area contributed by atoms with E-state index in [4.69, 9.17) is 18.6 Å². The molecule has 1 aliphatic rings. The van der Waals surface area contributed by atoms with Crippen molar-refractivity contribution in [3.05, 3.63) is 30.3 Å². The predicted molar refractivity (Wildman–Crippen MR) is 108 cm³/mol. The number of rotatable bonds is 4. The van der Waals surface area contributed by atoms with E-state index in [0.717, 1.165) is 12.1 Å². The second-order valence-corrected chi connectivity index (χ2v) is 7.23. The molecule has 0 aliphatic carbocycles. The Hall–Kier alpha value is -3.51. The minimum atomic E-state index is -1.61. The zero-order chi connectivity index (χ0) is 23.2. The number of phenolic OH excluding ortho intramolecular Hbond substituents is 4. The molecule has 11 nitrogen and oxygen atoms in total. The van der Waals surface area contributed by atoms with Gasteiger partial charge in [0.1, 0.15) is 35.2 Å². The molecule has 1 aromatic heterocycles. The van der Waals surface area contributed by atoms with Gasteiger partial charge in [-0.25, -0.2) is 4.42 Å². The first kappa shape index (κ1) is 21.7. The third kappa shape index (κ3) is 3.78. The van der Waals surface area contributed by atoms with E-state index in [2.05, 4.69) is 0 Å². The van der Waals surface area contributed by atoms with Crippen LogP contribution in [-0.2, 0) is 4.74 Å². The molecular formula is C21H21O11+. The first-order chi connectivity index (χ1) is 15.2. The average molecular weight is 449 g/mol. The second-order valence-electron chi connectivity index (χ2n) is 7.23. The van der Waals surface area contributed by atoms with Crippen LogP contribution < -0.4 is 9.47 Å². The van der Waals surface area contributed by atoms with Crippen molar-refractivity contribution in [3.63, 3.8) is 0 Å². The number of benzene rings is 2. The van der Waals surface area contributed by atoms with Crippen molar-refractivity contribution in [1.29, 1.82) is 0 Å². The largest absolute Gasteiger partial charge is 0.507 e. The van der Waals surface area contributed by atoms with Gasteiger partial charge in [0.2, 0.25) is 17.8 Å². The number of fused-ring (bicyclic) bond motifs is 1. The molecule has 7 N–H and O–H groups in total. The van der Waals surface area contributed by atoms with Crippen LogP contribution >= 0.6 is 0 Å². The highest BCUT2D eigenvalue weighted by molar-refractivity contribution is 5.88. The van der Waals surface area contributed by atoms with Crippen LogP contribution in [0.2, 0.25) is 0 Å². The molecule has 0 radical (unpaired) electrons. The maximum absolute atomic E-state index is 10.2. The van der Waals surface area contributed by atoms with Crippen LogP contribution in [0.15, 0.2) is 34.7 Å². The third-order valence-corrected chi connectivity index (χ3v) is 5.05. The number of aliphatic hydroxyl groups excluding tert-OH is 3. The maximum Gasteiger partial charge on any atom is 0.402 e. The smallest absolute Gasteiger partial charge is 0.402 e. The second kappa shape index (κ2) is 8.20. The van der Waals surface area contributed by atoms with Gasteiger partial charge >= 0.3 is 11.3 Å². The van der Waals surface area contributed by atoms with Crippen molar-refractivity contribution in [3.8, 4) is 45.8 Å². The summed E-state index contributed by atoms with van der Waals surface area (Å²) < 4.78 is 21.9. The van der Waals surface area contributed by atoms with Gasteiger partial charge in [-0.2, -0.15) is 0 Å². The van der Waals surface area contributed by atoms with E-state index in [1.165, 1.54) is 25.3 Å². The molecule has 2 aromatic carbocycles. The van der Waals surface area contributed by atoms with Gasteiger partial charge in [-0.05, 0) is 0 Å². The minimum absolute atomic E-state index is 0.0486. The van der Waals surface area contributed by atoms with E-state index in [-0.39, 0.29) is 51.9 Å². The van der Waals surface area contributed by atoms with Gasteiger partial charge < -0.3 is 50.0 Å². The van der Waals surface area contributed by atoms with Crippen LogP contribution in [0.5, 0.6) is 34.5 Å². The molecule has 0 amide bonds. The van der Waals surface area contributed by atoms with E-state index >= 15 is 0 Å². The summed E-state index contributed by atoms with van der Waals surface area (Å²) in [6, 6.07) is 6.17. The van der Waals surface area contributed by atoms with Crippen molar-refractivity contribution < 1.29 is 54.4 Å². The molecule has 1 saturated heterocycles. The lowest BCUT2D eigenvalue weighted by Crippen LogP contribution is -2.54. The lowest BCUT2D eigenvalue weighted by atomic mass is 10.1. The Morgan fingerprint density at radius 3 is 2.38 bits per heavy atom. The molecule has 1 aliphatic heterocycles. The van der Waals surface area contributed by atoms with Crippen LogP contribution in [0.1, 0.15) is 0 Å². The normalized spacial score (nSPS) is 23.2. The summed E-state index contributed by atoms with van der Waals surface area (Å²) in [6.45, 7) is -0.310. The Bertz CT molecular complexity index is 1160. The summed E-state index contributed by atoms with van der Waals surface area (Å²) in [6.07, 6.45) is -5.86. The topological polar surface area (TPSA) is 181 Å². The number of hydrogen-bond acceptors (Lipinski definition) is 10. The number of phenols is 4. The summed E-state index contributed by atoms with van der Waals surface area (Å²) in [7, 11) is 1.28. The van der Waals surface area contributed by atoms with E-state index in [1.54, 1.807) is 0 Å². The van der Waals surface area contributed by atoms with Crippen LogP contribution in [0.3, 0.4) is 0 Å². The SMILES string of the molecule is COc1cc(-c2[o+]c3cc(O)cc(O)c3cc2OC2OC[C@@H](O)[C@@H](O)[C@@H]2O)cc(O)c1O. The zero-order valence-electron chi connectivity index (χ0n) is 16.7. The maximum atomic E-state index is 10.2. The summed E-state index contributed by atoms with van der Waals surface area (Å²) in [5.41, 5.74) is 0.222. The Balaban J connectivity index is 1.88. The van der Waals surface area contributed by atoms with Crippen LogP contribution in [0, 0.1) is 0 Å². The van der Waals surface area contributed by atoms with Crippen molar-refractivity contribution in [2.75, 3.05) is 13.7 Å². The number of hydrogen-bond donors (Lipinski definition) is 7. The monoisotopic (exact) mass is 449 g/mol. The Kier molecular flexibility index (Phi) is 5.57. The van der Waals surface area contributed by atoms with Crippen LogP contribution in [0.4, 0.5) is 0 Å². The van der Waals surface area contributed by atoms with E-state index < -0.39 is 36.1 Å². The molecule has 4 rings (SSSR count). The molecule has 170 valence electrons. The minimum Gasteiger partial charge on any atom is -0.507 e. The van der Waals surface area contributed by atoms with Gasteiger partial charge in [0, 0.05) is 24.3 Å². The summed E-state index contributed by atoms with van der Waals surface area (Å²) in [5.74, 6) is -1.83. The fraction of sp³-hybridized carbons (Fsp3) is 0.286. The van der Waals surface area contributed by atoms with Crippen molar-refractivity contribution in [2.45, 2.75) is 24.6 Å². The van der Waals surface area contributed by atoms with Crippen molar-refractivity contribution >= 4 is 11.0 Å². The highest BCUT2D eigenvalue weighted by Gasteiger charge is 2.40. The van der Waals surface area contributed by atoms with Gasteiger partial charge in [0.25, 0.3) is 0 Å². The zero-order valence-corrected chi connectivity index (χ0v) is 16.7. The molecule has 1 fully saturated rings. The number of aliphatic hydroxyl groups is 3. The lowest BCUT2D eigenvalue weighted by Gasteiger charge is -2.34. The molecule has 3 aromatic rings. The fourth-order valence-electron chi connectivity index (χ4n) is 3.36. The summed E-state index contributed by atoms with van der Waals surface area (Å²) in [5, 5.41) is 70.0. The molecule has 0 spiro atoms. The first-order valence-electron chi connectivity index (χ1n) is 9.45. The van der Waals surface area contributed by atoms with Gasteiger partial charge in [0.05, 0.1) is 25.3 Å². The standard InChI is InChI=1S/C21H20O11/c1-29-15-3-8(2-12(24)17(15)26)20-16(32-21-19(28)18(27)13(25)7-30-21)6-10-11(23)4-9(22)5-14(10)31-20/h2-6,13,18-19,21,25,27-28H,7H2,1H3,(H3-,22,23,24,26)/p+1/t13-,18-,19+,21?/m1/s1. The molecular weight excluding hydrogens is 428 g/mol. The van der Waals surface area contributed by atoms with Gasteiger partial charge in [-0.15, -0.1) is 0 Å². The summed E-state index contributed by atoms with van der Waals surface area (Å²) >= 11 is 0. The molecule has 32 heavy (non-hydrogen) atoms. The van der Waals surface area contributed by atoms with E-state index in [1.807, 2.05) is 0 Å². The van der Waals surface area contributed by atoms with Crippen LogP contribution in [-0.4, -0.2) is 74.1 Å². The average Bonchev–Trinajstić information content (AvgIpc) is 2.75. The van der Waals surface area contributed by atoms with Crippen LogP contribution in [0.25, 0.3) is 22.3 Å². The molecule has 1 unspecified atom stereocenters. The van der Waals surface area contributed by atoms with Crippen molar-refractivity contribution in [2.24, 2.45) is 0 Å². The quantitative estimate of drug-likeness (QED) is 0.223. The summed E-state index contributed by atoms with van der Waals surface area (Å²) in [4.78, 5) is 0. The Morgan fingerprint density at radius 1 is 0.906 bits per heavy atom. The van der Waals surface area contributed by atoms with Gasteiger partial charge in [-0.3, -0.25) is 0 Å². The van der Waals surface area contributed by atoms with E-state index in [9.17, 15) is 35.7 Å². The van der Waals surface area contributed by atoms with Crippen molar-refractivity contribution in [1.82, 2.24) is 0 Å². The Labute approximate surface area is 180 Å². The molecule has 4 atom stereocenters. The highest BCUT2D eigenvalue weighted by Crippen LogP contribution is 2.45. The number of methoxy groups -OCH3 is 1.